The van der Waals surface area contributed by atoms with Crippen LogP contribution in [0.1, 0.15) is 55.7 Å². The van der Waals surface area contributed by atoms with Gasteiger partial charge in [-0.3, -0.25) is 0 Å². The van der Waals surface area contributed by atoms with Crippen molar-refractivity contribution in [3.05, 3.63) is 34.9 Å². The van der Waals surface area contributed by atoms with Crippen molar-refractivity contribution in [3.8, 4) is 0 Å². The Kier molecular flexibility index (Phi) is 4.43. The topological polar surface area (TPSA) is 12.0 Å². The van der Waals surface area contributed by atoms with Gasteiger partial charge < -0.3 is 5.32 Å². The van der Waals surface area contributed by atoms with Crippen molar-refractivity contribution in [1.82, 2.24) is 5.32 Å². The molecule has 1 nitrogen and oxygen atoms in total. The normalized spacial score (nSPS) is 24.4. The van der Waals surface area contributed by atoms with Crippen LogP contribution in [-0.4, -0.2) is 6.54 Å². The third-order valence-electron chi connectivity index (χ3n) is 4.42. The van der Waals surface area contributed by atoms with Gasteiger partial charge in [-0.2, -0.15) is 13.2 Å². The van der Waals surface area contributed by atoms with Crippen LogP contribution in [0, 0.1) is 6.92 Å². The van der Waals surface area contributed by atoms with Gasteiger partial charge >= 0.3 is 6.18 Å². The molecular weight excluding hydrogens is 263 g/mol. The highest BCUT2D eigenvalue weighted by atomic mass is 19.4. The van der Waals surface area contributed by atoms with Crippen LogP contribution in [-0.2, 0) is 11.7 Å². The van der Waals surface area contributed by atoms with Crippen LogP contribution in [0.2, 0.25) is 0 Å². The molecule has 1 atom stereocenters. The summed E-state index contributed by atoms with van der Waals surface area (Å²) in [4.78, 5) is 0. The van der Waals surface area contributed by atoms with Crippen LogP contribution >= 0.6 is 0 Å². The van der Waals surface area contributed by atoms with E-state index >= 15 is 0 Å². The van der Waals surface area contributed by atoms with Crippen LogP contribution in [0.3, 0.4) is 0 Å². The number of aryl methyl sites for hydroxylation is 1. The van der Waals surface area contributed by atoms with E-state index in [2.05, 4.69) is 12.2 Å². The van der Waals surface area contributed by atoms with Crippen molar-refractivity contribution < 1.29 is 13.2 Å². The standard InChI is InChI=1S/C16H22F3N/c1-3-15(9-5-4-6-10-20-15)14-8-7-13(11-12(14)2)16(17,18)19/h7-8,11,20H,3-6,9-10H2,1-2H3. The molecule has 1 saturated heterocycles. The molecule has 1 aromatic rings. The fourth-order valence-corrected chi connectivity index (χ4v) is 3.24. The second-order valence-electron chi connectivity index (χ2n) is 5.70. The molecule has 1 N–H and O–H groups in total. The summed E-state index contributed by atoms with van der Waals surface area (Å²) in [5, 5.41) is 3.58. The molecule has 1 unspecified atom stereocenters. The van der Waals surface area contributed by atoms with Gasteiger partial charge in [0.15, 0.2) is 0 Å². The van der Waals surface area contributed by atoms with Gasteiger partial charge in [-0.15, -0.1) is 0 Å². The minimum Gasteiger partial charge on any atom is -0.307 e. The zero-order valence-corrected chi connectivity index (χ0v) is 12.1. The van der Waals surface area contributed by atoms with Gasteiger partial charge in [0.05, 0.1) is 5.56 Å². The van der Waals surface area contributed by atoms with E-state index in [1.165, 1.54) is 18.6 Å². The number of rotatable bonds is 2. The molecule has 0 spiro atoms. The number of hydrogen-bond acceptors (Lipinski definition) is 1. The van der Waals surface area contributed by atoms with E-state index in [9.17, 15) is 13.2 Å². The average Bonchev–Trinajstić information content (AvgIpc) is 2.63. The van der Waals surface area contributed by atoms with Gasteiger partial charge in [-0.05, 0) is 56.0 Å². The van der Waals surface area contributed by atoms with Gasteiger partial charge in [-0.25, -0.2) is 0 Å². The largest absolute Gasteiger partial charge is 0.416 e. The molecular formula is C16H22F3N. The van der Waals surface area contributed by atoms with E-state index in [-0.39, 0.29) is 5.54 Å². The maximum Gasteiger partial charge on any atom is 0.416 e. The molecule has 1 heterocycles. The summed E-state index contributed by atoms with van der Waals surface area (Å²) in [5.41, 5.74) is 1.04. The summed E-state index contributed by atoms with van der Waals surface area (Å²) in [7, 11) is 0. The summed E-state index contributed by atoms with van der Waals surface area (Å²) in [6.45, 7) is 4.83. The van der Waals surface area contributed by atoms with Crippen molar-refractivity contribution in [1.29, 1.82) is 0 Å². The van der Waals surface area contributed by atoms with Gasteiger partial charge in [-0.1, -0.05) is 25.8 Å². The van der Waals surface area contributed by atoms with E-state index in [1.807, 2.05) is 0 Å². The molecule has 0 aromatic heterocycles. The van der Waals surface area contributed by atoms with Crippen molar-refractivity contribution in [3.63, 3.8) is 0 Å². The minimum atomic E-state index is -4.26. The third kappa shape index (κ3) is 3.00. The monoisotopic (exact) mass is 285 g/mol. The maximum atomic E-state index is 12.8. The average molecular weight is 285 g/mol. The van der Waals surface area contributed by atoms with Crippen LogP contribution < -0.4 is 5.32 Å². The highest BCUT2D eigenvalue weighted by molar-refractivity contribution is 5.37. The molecule has 1 aromatic carbocycles. The van der Waals surface area contributed by atoms with Gasteiger partial charge in [0.1, 0.15) is 0 Å². The zero-order chi connectivity index (χ0) is 14.8. The fourth-order valence-electron chi connectivity index (χ4n) is 3.24. The highest BCUT2D eigenvalue weighted by Crippen LogP contribution is 2.37. The van der Waals surface area contributed by atoms with Gasteiger partial charge in [0, 0.05) is 5.54 Å². The molecule has 1 fully saturated rings. The number of nitrogens with one attached hydrogen (secondary N) is 1. The summed E-state index contributed by atoms with van der Waals surface area (Å²) in [5.74, 6) is 0. The predicted octanol–water partition coefficient (Wildman–Crippen LogP) is 4.78. The lowest BCUT2D eigenvalue weighted by atomic mass is 9.80. The number of benzene rings is 1. The summed E-state index contributed by atoms with van der Waals surface area (Å²) in [6, 6.07) is 4.16. The highest BCUT2D eigenvalue weighted by Gasteiger charge is 2.35. The molecule has 1 aliphatic rings. The molecule has 20 heavy (non-hydrogen) atoms. The Bertz CT molecular complexity index is 457. The second-order valence-corrected chi connectivity index (χ2v) is 5.70. The Morgan fingerprint density at radius 1 is 1.20 bits per heavy atom. The quantitative estimate of drug-likeness (QED) is 0.824. The molecule has 0 bridgehead atoms. The molecule has 0 amide bonds. The van der Waals surface area contributed by atoms with E-state index in [0.717, 1.165) is 43.4 Å². The molecule has 2 rings (SSSR count). The van der Waals surface area contributed by atoms with Gasteiger partial charge in [0.25, 0.3) is 0 Å². The summed E-state index contributed by atoms with van der Waals surface area (Å²) < 4.78 is 38.3. The lowest BCUT2D eigenvalue weighted by Gasteiger charge is -2.35. The minimum absolute atomic E-state index is 0.162. The number of alkyl halides is 3. The molecule has 0 radical (unpaired) electrons. The van der Waals surface area contributed by atoms with Crippen LogP contribution in [0.4, 0.5) is 13.2 Å². The van der Waals surface area contributed by atoms with E-state index < -0.39 is 11.7 Å². The fraction of sp³-hybridized carbons (Fsp3) is 0.625. The van der Waals surface area contributed by atoms with Crippen molar-refractivity contribution in [2.45, 2.75) is 57.7 Å². The first-order chi connectivity index (χ1) is 9.39. The number of halogens is 3. The van der Waals surface area contributed by atoms with Gasteiger partial charge in [0.2, 0.25) is 0 Å². The second kappa shape index (κ2) is 5.76. The van der Waals surface area contributed by atoms with Crippen LogP contribution in [0.15, 0.2) is 18.2 Å². The van der Waals surface area contributed by atoms with E-state index in [1.54, 1.807) is 13.0 Å². The Labute approximate surface area is 118 Å². The van der Waals surface area contributed by atoms with Crippen molar-refractivity contribution >= 4 is 0 Å². The first-order valence-corrected chi connectivity index (χ1v) is 7.32. The lowest BCUT2D eigenvalue weighted by Crippen LogP contribution is -2.41. The molecule has 1 aliphatic heterocycles. The summed E-state index contributed by atoms with van der Waals surface area (Å²) >= 11 is 0. The first kappa shape index (κ1) is 15.4. The molecule has 4 heteroatoms. The third-order valence-corrected chi connectivity index (χ3v) is 4.42. The Morgan fingerprint density at radius 3 is 2.55 bits per heavy atom. The SMILES string of the molecule is CCC1(c2ccc(C(F)(F)F)cc2C)CCCCCN1. The molecule has 112 valence electrons. The maximum absolute atomic E-state index is 12.8. The summed E-state index contributed by atoms with van der Waals surface area (Å²) in [6.07, 6.45) is 1.09. The van der Waals surface area contributed by atoms with Crippen LogP contribution in [0.25, 0.3) is 0 Å². The van der Waals surface area contributed by atoms with E-state index in [0.29, 0.717) is 0 Å². The Morgan fingerprint density at radius 2 is 1.95 bits per heavy atom. The van der Waals surface area contributed by atoms with E-state index in [4.69, 9.17) is 0 Å². The Balaban J connectivity index is 2.40. The van der Waals surface area contributed by atoms with Crippen LogP contribution in [0.5, 0.6) is 0 Å². The first-order valence-electron chi connectivity index (χ1n) is 7.32. The van der Waals surface area contributed by atoms with Crippen molar-refractivity contribution in [2.75, 3.05) is 6.54 Å². The molecule has 0 saturated carbocycles. The zero-order valence-electron chi connectivity index (χ0n) is 12.1. The number of hydrogen-bond donors (Lipinski definition) is 1. The predicted molar refractivity (Wildman–Crippen MR) is 74.6 cm³/mol. The van der Waals surface area contributed by atoms with Crippen molar-refractivity contribution in [2.24, 2.45) is 0 Å². The smallest absolute Gasteiger partial charge is 0.307 e. The Hall–Kier alpha value is -1.03. The molecule has 0 aliphatic carbocycles. The lowest BCUT2D eigenvalue weighted by molar-refractivity contribution is -0.137.